The van der Waals surface area contributed by atoms with Crippen LogP contribution in [0.1, 0.15) is 0 Å². The van der Waals surface area contributed by atoms with Gasteiger partial charge in [0.2, 0.25) is 11.8 Å². The Hall–Kier alpha value is -3.37. The Morgan fingerprint density at radius 3 is 2.62 bits per heavy atom. The van der Waals surface area contributed by atoms with Crippen molar-refractivity contribution in [2.75, 3.05) is 39.0 Å². The first kappa shape index (κ1) is 20.5. The first-order chi connectivity index (χ1) is 15.5. The van der Waals surface area contributed by atoms with Crippen molar-refractivity contribution in [2.45, 2.75) is 5.22 Å². The van der Waals surface area contributed by atoms with E-state index < -0.39 is 0 Å². The number of aromatic amines is 1. The van der Waals surface area contributed by atoms with Crippen LogP contribution in [-0.2, 0) is 4.79 Å². The number of hydrogen-bond acceptors (Lipinski definition) is 8. The number of thioether (sulfide) groups is 1. The number of amides is 1. The number of phenols is 1. The van der Waals surface area contributed by atoms with Gasteiger partial charge in [-0.3, -0.25) is 4.79 Å². The van der Waals surface area contributed by atoms with Gasteiger partial charge in [0.25, 0.3) is 5.22 Å². The number of H-pyrrole nitrogens is 1. The molecule has 32 heavy (non-hydrogen) atoms. The molecule has 5 rings (SSSR count). The highest BCUT2D eigenvalue weighted by molar-refractivity contribution is 7.99. The van der Waals surface area contributed by atoms with Crippen molar-refractivity contribution in [2.24, 2.45) is 0 Å². The quantitative estimate of drug-likeness (QED) is 0.447. The van der Waals surface area contributed by atoms with Gasteiger partial charge >= 0.3 is 0 Å². The van der Waals surface area contributed by atoms with Crippen molar-refractivity contribution in [1.29, 1.82) is 0 Å². The van der Waals surface area contributed by atoms with Crippen LogP contribution in [0.5, 0.6) is 5.75 Å². The predicted octanol–water partition coefficient (Wildman–Crippen LogP) is 2.85. The highest BCUT2D eigenvalue weighted by atomic mass is 32.2. The first-order valence-corrected chi connectivity index (χ1v) is 11.3. The number of carbonyl (C=O) groups excluding carboxylic acids is 1. The molecular formula is C22H22N6O3S. The summed E-state index contributed by atoms with van der Waals surface area (Å²) in [7, 11) is 2.06. The maximum atomic E-state index is 12.4. The summed E-state index contributed by atoms with van der Waals surface area (Å²) < 4.78 is 5.78. The summed E-state index contributed by atoms with van der Waals surface area (Å²) in [6.45, 7) is 3.29. The molecule has 2 aromatic carbocycles. The average molecular weight is 451 g/mol. The Morgan fingerprint density at radius 2 is 1.84 bits per heavy atom. The molecule has 0 atom stereocenters. The van der Waals surface area contributed by atoms with Crippen LogP contribution in [0.25, 0.3) is 33.9 Å². The van der Waals surface area contributed by atoms with E-state index in [1.807, 2.05) is 23.1 Å². The summed E-state index contributed by atoms with van der Waals surface area (Å²) in [5, 5.41) is 18.1. The predicted molar refractivity (Wildman–Crippen MR) is 121 cm³/mol. The molecule has 0 bridgehead atoms. The van der Waals surface area contributed by atoms with E-state index >= 15 is 0 Å². The molecule has 1 amide bonds. The number of piperazine rings is 1. The van der Waals surface area contributed by atoms with Crippen molar-refractivity contribution >= 4 is 28.7 Å². The minimum atomic E-state index is 0.0866. The Kier molecular flexibility index (Phi) is 5.54. The number of hydrogen-bond donors (Lipinski definition) is 2. The van der Waals surface area contributed by atoms with Gasteiger partial charge in [-0.15, -0.1) is 10.2 Å². The molecular weight excluding hydrogens is 428 g/mol. The molecule has 0 saturated carbocycles. The maximum absolute atomic E-state index is 12.4. The van der Waals surface area contributed by atoms with Gasteiger partial charge in [0, 0.05) is 37.3 Å². The van der Waals surface area contributed by atoms with E-state index in [-0.39, 0.29) is 17.4 Å². The first-order valence-electron chi connectivity index (χ1n) is 10.3. The van der Waals surface area contributed by atoms with Crippen LogP contribution in [0, 0.1) is 0 Å². The number of likely N-dealkylation sites (N-methyl/N-ethyl adjacent to an activating group) is 1. The molecule has 2 N–H and O–H groups in total. The van der Waals surface area contributed by atoms with Crippen LogP contribution in [0.3, 0.4) is 0 Å². The molecule has 0 unspecified atom stereocenters. The summed E-state index contributed by atoms with van der Waals surface area (Å²) in [6, 6.07) is 12.5. The molecule has 1 fully saturated rings. The molecule has 10 heteroatoms. The SMILES string of the molecule is CN1CCN(C(=O)CSc2nnc(-c3ccc4nc(-c5ccc(O)cc5)[nH]c4c3)o2)CC1. The molecule has 2 aromatic heterocycles. The van der Waals surface area contributed by atoms with Gasteiger partial charge in [-0.1, -0.05) is 11.8 Å². The highest BCUT2D eigenvalue weighted by Crippen LogP contribution is 2.28. The van der Waals surface area contributed by atoms with E-state index in [0.717, 1.165) is 48.3 Å². The summed E-state index contributed by atoms with van der Waals surface area (Å²) in [6.07, 6.45) is 0. The third-order valence-corrected chi connectivity index (χ3v) is 6.25. The second-order valence-electron chi connectivity index (χ2n) is 7.71. The third kappa shape index (κ3) is 4.32. The largest absolute Gasteiger partial charge is 0.508 e. The minimum absolute atomic E-state index is 0.0866. The van der Waals surface area contributed by atoms with Crippen LogP contribution in [-0.4, -0.2) is 80.0 Å². The summed E-state index contributed by atoms with van der Waals surface area (Å²) in [5.74, 6) is 1.68. The zero-order valence-electron chi connectivity index (χ0n) is 17.5. The molecule has 1 aliphatic heterocycles. The van der Waals surface area contributed by atoms with Crippen molar-refractivity contribution in [3.8, 4) is 28.6 Å². The molecule has 1 aliphatic rings. The lowest BCUT2D eigenvalue weighted by molar-refractivity contribution is -0.129. The second-order valence-corrected chi connectivity index (χ2v) is 8.64. The van der Waals surface area contributed by atoms with Gasteiger partial charge in [0.05, 0.1) is 16.8 Å². The van der Waals surface area contributed by atoms with Crippen LogP contribution in [0.15, 0.2) is 52.1 Å². The van der Waals surface area contributed by atoms with E-state index in [9.17, 15) is 9.90 Å². The number of aromatic nitrogens is 4. The fourth-order valence-corrected chi connectivity index (χ4v) is 4.22. The lowest BCUT2D eigenvalue weighted by atomic mass is 10.2. The van der Waals surface area contributed by atoms with Gasteiger partial charge < -0.3 is 24.3 Å². The molecule has 3 heterocycles. The van der Waals surface area contributed by atoms with Gasteiger partial charge in [-0.25, -0.2) is 4.98 Å². The van der Waals surface area contributed by atoms with E-state index in [4.69, 9.17) is 4.42 Å². The van der Waals surface area contributed by atoms with Crippen molar-refractivity contribution in [3.05, 3.63) is 42.5 Å². The lowest BCUT2D eigenvalue weighted by Gasteiger charge is -2.32. The van der Waals surface area contributed by atoms with Crippen molar-refractivity contribution in [1.82, 2.24) is 30.0 Å². The molecule has 0 radical (unpaired) electrons. The molecule has 0 spiro atoms. The number of imidazole rings is 1. The van der Waals surface area contributed by atoms with Crippen molar-refractivity contribution in [3.63, 3.8) is 0 Å². The van der Waals surface area contributed by atoms with E-state index in [2.05, 4.69) is 32.1 Å². The number of benzene rings is 2. The van der Waals surface area contributed by atoms with E-state index in [1.54, 1.807) is 24.3 Å². The maximum Gasteiger partial charge on any atom is 0.277 e. The molecule has 164 valence electrons. The monoisotopic (exact) mass is 450 g/mol. The van der Waals surface area contributed by atoms with Gasteiger partial charge in [0.15, 0.2) is 0 Å². The van der Waals surface area contributed by atoms with Gasteiger partial charge in [-0.05, 0) is 49.5 Å². The zero-order chi connectivity index (χ0) is 22.1. The Balaban J connectivity index is 1.27. The van der Waals surface area contributed by atoms with Crippen LogP contribution in [0.2, 0.25) is 0 Å². The number of fused-ring (bicyclic) bond motifs is 1. The summed E-state index contributed by atoms with van der Waals surface area (Å²) in [4.78, 5) is 24.4. The lowest BCUT2D eigenvalue weighted by Crippen LogP contribution is -2.47. The fraction of sp³-hybridized carbons (Fsp3) is 0.273. The van der Waals surface area contributed by atoms with Gasteiger partial charge in [-0.2, -0.15) is 0 Å². The Bertz CT molecular complexity index is 1240. The van der Waals surface area contributed by atoms with Gasteiger partial charge in [0.1, 0.15) is 11.6 Å². The minimum Gasteiger partial charge on any atom is -0.508 e. The summed E-state index contributed by atoms with van der Waals surface area (Å²) in [5.41, 5.74) is 3.29. The number of nitrogens with one attached hydrogen (secondary N) is 1. The average Bonchev–Trinajstić information content (AvgIpc) is 3.45. The number of nitrogens with zero attached hydrogens (tertiary/aromatic N) is 5. The molecule has 0 aliphatic carbocycles. The van der Waals surface area contributed by atoms with Crippen LogP contribution < -0.4 is 0 Å². The number of aromatic hydroxyl groups is 1. The fourth-order valence-electron chi connectivity index (χ4n) is 3.55. The number of rotatable bonds is 5. The highest BCUT2D eigenvalue weighted by Gasteiger charge is 2.20. The smallest absolute Gasteiger partial charge is 0.277 e. The van der Waals surface area contributed by atoms with Crippen molar-refractivity contribution < 1.29 is 14.3 Å². The van der Waals surface area contributed by atoms with Crippen LogP contribution in [0.4, 0.5) is 0 Å². The molecule has 9 nitrogen and oxygen atoms in total. The molecule has 1 saturated heterocycles. The zero-order valence-corrected chi connectivity index (χ0v) is 18.3. The topological polar surface area (TPSA) is 111 Å². The normalized spacial score (nSPS) is 14.8. The Morgan fingerprint density at radius 1 is 1.09 bits per heavy atom. The third-order valence-electron chi connectivity index (χ3n) is 5.45. The van der Waals surface area contributed by atoms with E-state index in [0.29, 0.717) is 16.9 Å². The van der Waals surface area contributed by atoms with Crippen LogP contribution >= 0.6 is 11.8 Å². The number of carbonyl (C=O) groups is 1. The summed E-state index contributed by atoms with van der Waals surface area (Å²) >= 11 is 1.26. The Labute approximate surface area is 188 Å². The van der Waals surface area contributed by atoms with E-state index in [1.165, 1.54) is 11.8 Å². The second kappa shape index (κ2) is 8.64. The molecule has 4 aromatic rings. The standard InChI is InChI=1S/C22H22N6O3S/c1-27-8-10-28(11-9-27)19(30)13-32-22-26-25-21(31-22)15-4-7-17-18(12-15)24-20(23-17)14-2-5-16(29)6-3-14/h2-7,12,29H,8-11,13H2,1H3,(H,23,24). The number of phenolic OH excluding ortho intramolecular Hbond substituents is 1.